The van der Waals surface area contributed by atoms with Gasteiger partial charge in [-0.25, -0.2) is 0 Å². The van der Waals surface area contributed by atoms with E-state index in [0.29, 0.717) is 32.0 Å². The third kappa shape index (κ3) is 2.50. The third-order valence-electron chi connectivity index (χ3n) is 4.36. The number of likely N-dealkylation sites (tertiary alicyclic amines) is 1. The maximum atomic E-state index is 12.3. The first-order valence-electron chi connectivity index (χ1n) is 7.36. The van der Waals surface area contributed by atoms with Crippen LogP contribution in [0.2, 0.25) is 0 Å². The van der Waals surface area contributed by atoms with Crippen molar-refractivity contribution in [1.82, 2.24) is 15.1 Å². The van der Waals surface area contributed by atoms with Crippen LogP contribution < -0.4 is 5.32 Å². The summed E-state index contributed by atoms with van der Waals surface area (Å²) in [7, 11) is 3.53. The summed E-state index contributed by atoms with van der Waals surface area (Å²) < 4.78 is 11.3. The average Bonchev–Trinajstić information content (AvgIpc) is 2.89. The fraction of sp³-hybridized carbons (Fsp3) is 0.600. The summed E-state index contributed by atoms with van der Waals surface area (Å²) >= 11 is 0. The molecule has 7 nitrogen and oxygen atoms in total. The summed E-state index contributed by atoms with van der Waals surface area (Å²) in [5.41, 5.74) is -0.365. The number of carbonyl (C=O) groups is 2. The van der Waals surface area contributed by atoms with Crippen molar-refractivity contribution in [3.63, 3.8) is 0 Å². The van der Waals surface area contributed by atoms with Gasteiger partial charge in [-0.1, -0.05) is 0 Å². The lowest BCUT2D eigenvalue weighted by molar-refractivity contribution is -0.187. The number of amides is 2. The molecule has 22 heavy (non-hydrogen) atoms. The molecule has 0 saturated carbocycles. The molecule has 1 aromatic rings. The first kappa shape index (κ1) is 15.1. The predicted molar refractivity (Wildman–Crippen MR) is 78.5 cm³/mol. The van der Waals surface area contributed by atoms with E-state index in [1.165, 1.54) is 0 Å². The molecule has 120 valence electrons. The van der Waals surface area contributed by atoms with Crippen LogP contribution in [0.3, 0.4) is 0 Å². The number of aryl methyl sites for hydroxylation is 1. The van der Waals surface area contributed by atoms with Gasteiger partial charge in [0.15, 0.2) is 5.76 Å². The maximum absolute atomic E-state index is 12.3. The molecule has 0 unspecified atom stereocenters. The lowest BCUT2D eigenvalue weighted by Gasteiger charge is -2.54. The molecule has 1 aromatic heterocycles. The van der Waals surface area contributed by atoms with E-state index < -0.39 is 0 Å². The summed E-state index contributed by atoms with van der Waals surface area (Å²) in [6.45, 7) is 3.84. The van der Waals surface area contributed by atoms with Crippen LogP contribution in [-0.4, -0.2) is 73.6 Å². The van der Waals surface area contributed by atoms with Crippen LogP contribution in [0.4, 0.5) is 0 Å². The summed E-state index contributed by atoms with van der Waals surface area (Å²) in [5.74, 6) is 0.925. The van der Waals surface area contributed by atoms with Gasteiger partial charge in [0.1, 0.15) is 17.4 Å². The number of hydrogen-bond donors (Lipinski definition) is 1. The van der Waals surface area contributed by atoms with Gasteiger partial charge in [-0.05, 0) is 26.1 Å². The van der Waals surface area contributed by atoms with Gasteiger partial charge in [-0.3, -0.25) is 14.5 Å². The molecule has 3 rings (SSSR count). The van der Waals surface area contributed by atoms with Crippen molar-refractivity contribution in [3.05, 3.63) is 23.7 Å². The standard InChI is InChI=1S/C15H21N3O4/c1-10-4-5-12(22-10)14(20)18-8-15(9-18)7-17(3)11(6-21-15)13(19)16-2/h4-5,11H,6-9H2,1-3H3,(H,16,19)/t11-/m0/s1. The smallest absolute Gasteiger partial charge is 0.289 e. The fourth-order valence-electron chi connectivity index (χ4n) is 3.13. The molecule has 7 heteroatoms. The molecule has 0 aliphatic carbocycles. The molecular formula is C15H21N3O4. The number of furan rings is 1. The van der Waals surface area contributed by atoms with Crippen molar-refractivity contribution in [2.24, 2.45) is 0 Å². The van der Waals surface area contributed by atoms with E-state index in [1.807, 2.05) is 18.9 Å². The van der Waals surface area contributed by atoms with E-state index in [9.17, 15) is 9.59 Å². The third-order valence-corrected chi connectivity index (χ3v) is 4.36. The summed E-state index contributed by atoms with van der Waals surface area (Å²) in [6.07, 6.45) is 0. The second kappa shape index (κ2) is 5.40. The molecule has 0 bridgehead atoms. The fourth-order valence-corrected chi connectivity index (χ4v) is 3.13. The zero-order valence-corrected chi connectivity index (χ0v) is 13.1. The molecule has 2 fully saturated rings. The minimum atomic E-state index is -0.365. The molecule has 0 radical (unpaired) electrons. The van der Waals surface area contributed by atoms with Gasteiger partial charge in [-0.15, -0.1) is 0 Å². The number of nitrogens with zero attached hydrogens (tertiary/aromatic N) is 2. The Morgan fingerprint density at radius 3 is 2.59 bits per heavy atom. The van der Waals surface area contributed by atoms with Crippen LogP contribution >= 0.6 is 0 Å². The highest BCUT2D eigenvalue weighted by atomic mass is 16.5. The number of morpholine rings is 1. The summed E-state index contributed by atoms with van der Waals surface area (Å²) in [4.78, 5) is 27.7. The first-order chi connectivity index (χ1) is 10.4. The number of likely N-dealkylation sites (N-methyl/N-ethyl adjacent to an activating group) is 2. The Bertz CT molecular complexity index is 591. The first-order valence-corrected chi connectivity index (χ1v) is 7.36. The summed E-state index contributed by atoms with van der Waals surface area (Å²) in [5, 5.41) is 2.64. The zero-order valence-electron chi connectivity index (χ0n) is 13.1. The normalized spacial score (nSPS) is 24.1. The highest BCUT2D eigenvalue weighted by Crippen LogP contribution is 2.31. The van der Waals surface area contributed by atoms with Crippen LogP contribution in [0.25, 0.3) is 0 Å². The molecule has 2 saturated heterocycles. The Labute approximate surface area is 129 Å². The number of carbonyl (C=O) groups excluding carboxylic acids is 2. The number of hydrogen-bond acceptors (Lipinski definition) is 5. The molecule has 1 spiro atoms. The highest BCUT2D eigenvalue weighted by molar-refractivity contribution is 5.92. The Balaban J connectivity index is 1.59. The number of rotatable bonds is 2. The number of nitrogens with one attached hydrogen (secondary N) is 1. The monoisotopic (exact) mass is 307 g/mol. The zero-order chi connectivity index (χ0) is 15.9. The Kier molecular flexibility index (Phi) is 3.70. The van der Waals surface area contributed by atoms with Crippen LogP contribution in [-0.2, 0) is 9.53 Å². The largest absolute Gasteiger partial charge is 0.456 e. The minimum absolute atomic E-state index is 0.0457. The second-order valence-electron chi connectivity index (χ2n) is 6.11. The van der Waals surface area contributed by atoms with Gasteiger partial charge in [0, 0.05) is 13.6 Å². The van der Waals surface area contributed by atoms with Gasteiger partial charge < -0.3 is 19.4 Å². The maximum Gasteiger partial charge on any atom is 0.289 e. The van der Waals surface area contributed by atoms with E-state index in [-0.39, 0.29) is 23.5 Å². The molecule has 2 aliphatic rings. The van der Waals surface area contributed by atoms with E-state index in [1.54, 1.807) is 24.1 Å². The average molecular weight is 307 g/mol. The summed E-state index contributed by atoms with van der Waals surface area (Å²) in [6, 6.07) is 3.20. The molecule has 0 aromatic carbocycles. The van der Waals surface area contributed by atoms with Crippen LogP contribution in [0.15, 0.2) is 16.5 Å². The lowest BCUT2D eigenvalue weighted by Crippen LogP contribution is -2.73. The molecule has 1 atom stereocenters. The predicted octanol–water partition coefficient (Wildman–Crippen LogP) is -0.141. The van der Waals surface area contributed by atoms with Gasteiger partial charge in [-0.2, -0.15) is 0 Å². The van der Waals surface area contributed by atoms with E-state index >= 15 is 0 Å². The van der Waals surface area contributed by atoms with Crippen molar-refractivity contribution in [3.8, 4) is 0 Å². The van der Waals surface area contributed by atoms with E-state index in [4.69, 9.17) is 9.15 Å². The van der Waals surface area contributed by atoms with Gasteiger partial charge >= 0.3 is 0 Å². The van der Waals surface area contributed by atoms with Crippen molar-refractivity contribution in [1.29, 1.82) is 0 Å². The van der Waals surface area contributed by atoms with Gasteiger partial charge in [0.25, 0.3) is 5.91 Å². The molecule has 1 N–H and O–H groups in total. The SMILES string of the molecule is CNC(=O)[C@@H]1COC2(CN(C(=O)c3ccc(C)o3)C2)CN1C. The van der Waals surface area contributed by atoms with Crippen molar-refractivity contribution >= 4 is 11.8 Å². The van der Waals surface area contributed by atoms with Crippen LogP contribution in [0.1, 0.15) is 16.3 Å². The second-order valence-corrected chi connectivity index (χ2v) is 6.11. The lowest BCUT2D eigenvalue weighted by atomic mass is 9.90. The van der Waals surface area contributed by atoms with Crippen molar-refractivity contribution < 1.29 is 18.7 Å². The highest BCUT2D eigenvalue weighted by Gasteiger charge is 2.51. The molecule has 2 amide bonds. The quantitative estimate of drug-likeness (QED) is 0.823. The Morgan fingerprint density at radius 2 is 2.05 bits per heavy atom. The van der Waals surface area contributed by atoms with Gasteiger partial charge in [0.2, 0.25) is 5.91 Å². The van der Waals surface area contributed by atoms with Crippen molar-refractivity contribution in [2.75, 3.05) is 40.3 Å². The van der Waals surface area contributed by atoms with Crippen LogP contribution in [0, 0.1) is 6.92 Å². The van der Waals surface area contributed by atoms with Crippen molar-refractivity contribution in [2.45, 2.75) is 18.6 Å². The molecule has 3 heterocycles. The molecular weight excluding hydrogens is 286 g/mol. The topological polar surface area (TPSA) is 75.0 Å². The van der Waals surface area contributed by atoms with E-state index in [0.717, 1.165) is 5.76 Å². The number of ether oxygens (including phenoxy) is 1. The Morgan fingerprint density at radius 1 is 1.32 bits per heavy atom. The van der Waals surface area contributed by atoms with E-state index in [2.05, 4.69) is 5.32 Å². The van der Waals surface area contributed by atoms with Crippen LogP contribution in [0.5, 0.6) is 0 Å². The minimum Gasteiger partial charge on any atom is -0.456 e. The van der Waals surface area contributed by atoms with Gasteiger partial charge in [0.05, 0.1) is 19.7 Å². The molecule has 2 aliphatic heterocycles. The Hall–Kier alpha value is -1.86.